The zero-order valence-electron chi connectivity index (χ0n) is 15.3. The van der Waals surface area contributed by atoms with Crippen LogP contribution in [0.4, 0.5) is 13.2 Å². The summed E-state index contributed by atoms with van der Waals surface area (Å²) in [6.07, 6.45) is -4.39. The molecule has 0 saturated carbocycles. The molecule has 0 radical (unpaired) electrons. The number of fused-ring (bicyclic) bond motifs is 1. The average Bonchev–Trinajstić information content (AvgIpc) is 2.92. The van der Waals surface area contributed by atoms with Crippen molar-refractivity contribution in [2.24, 2.45) is 0 Å². The molecule has 0 fully saturated rings. The normalized spacial score (nSPS) is 12.5. The maximum atomic E-state index is 12.7. The Bertz CT molecular complexity index is 993. The van der Waals surface area contributed by atoms with Gasteiger partial charge in [0.1, 0.15) is 5.69 Å². The lowest BCUT2D eigenvalue weighted by atomic mass is 9.86. The third kappa shape index (κ3) is 3.84. The van der Waals surface area contributed by atoms with E-state index >= 15 is 0 Å². The second-order valence-corrected chi connectivity index (χ2v) is 7.64. The van der Waals surface area contributed by atoms with E-state index in [4.69, 9.17) is 0 Å². The van der Waals surface area contributed by atoms with Crippen LogP contribution in [-0.4, -0.2) is 15.6 Å². The Balaban J connectivity index is 2.05. The number of carboxylic acid groups (broad SMARTS) is 1. The molecule has 0 unspecified atom stereocenters. The molecule has 142 valence electrons. The van der Waals surface area contributed by atoms with Crippen molar-refractivity contribution < 1.29 is 23.1 Å². The van der Waals surface area contributed by atoms with Crippen molar-refractivity contribution in [1.82, 2.24) is 4.57 Å². The fourth-order valence-corrected chi connectivity index (χ4v) is 3.07. The van der Waals surface area contributed by atoms with Crippen molar-refractivity contribution in [2.45, 2.75) is 38.9 Å². The van der Waals surface area contributed by atoms with E-state index in [0.717, 1.165) is 28.6 Å². The van der Waals surface area contributed by atoms with Crippen LogP contribution in [0.3, 0.4) is 0 Å². The number of alkyl halides is 3. The number of rotatable bonds is 3. The monoisotopic (exact) mass is 375 g/mol. The molecule has 0 bridgehead atoms. The van der Waals surface area contributed by atoms with Crippen molar-refractivity contribution in [1.29, 1.82) is 0 Å². The van der Waals surface area contributed by atoms with Crippen molar-refractivity contribution >= 4 is 16.9 Å². The number of halogens is 3. The third-order valence-corrected chi connectivity index (χ3v) is 4.61. The van der Waals surface area contributed by atoms with E-state index in [1.165, 1.54) is 12.1 Å². The fourth-order valence-electron chi connectivity index (χ4n) is 3.07. The Kier molecular flexibility index (Phi) is 4.54. The number of hydrogen-bond donors (Lipinski definition) is 1. The summed E-state index contributed by atoms with van der Waals surface area (Å²) in [5.41, 5.74) is 1.72. The minimum Gasteiger partial charge on any atom is -0.477 e. The summed E-state index contributed by atoms with van der Waals surface area (Å²) in [7, 11) is 0. The Labute approximate surface area is 155 Å². The van der Waals surface area contributed by atoms with Crippen LogP contribution in [0.25, 0.3) is 10.9 Å². The van der Waals surface area contributed by atoms with E-state index in [1.54, 1.807) is 10.6 Å². The molecule has 0 spiro atoms. The average molecular weight is 375 g/mol. The number of aromatic carboxylic acids is 1. The first-order valence-corrected chi connectivity index (χ1v) is 8.50. The van der Waals surface area contributed by atoms with Gasteiger partial charge in [-0.15, -0.1) is 0 Å². The van der Waals surface area contributed by atoms with Gasteiger partial charge in [0, 0.05) is 17.4 Å². The van der Waals surface area contributed by atoms with Crippen molar-refractivity contribution in [3.05, 3.63) is 70.9 Å². The number of carboxylic acids is 1. The molecule has 6 heteroatoms. The van der Waals surface area contributed by atoms with Crippen LogP contribution >= 0.6 is 0 Å². The summed E-state index contributed by atoms with van der Waals surface area (Å²) in [5.74, 6) is -1.07. The van der Waals surface area contributed by atoms with Gasteiger partial charge in [0.15, 0.2) is 0 Å². The smallest absolute Gasteiger partial charge is 0.416 e. The predicted octanol–water partition coefficient (Wildman–Crippen LogP) is 5.70. The second kappa shape index (κ2) is 6.44. The van der Waals surface area contributed by atoms with Gasteiger partial charge < -0.3 is 9.67 Å². The quantitative estimate of drug-likeness (QED) is 0.638. The summed E-state index contributed by atoms with van der Waals surface area (Å²) in [6, 6.07) is 12.2. The van der Waals surface area contributed by atoms with Gasteiger partial charge in [-0.25, -0.2) is 4.79 Å². The Hall–Kier alpha value is -2.76. The minimum atomic E-state index is -4.39. The molecule has 1 N–H and O–H groups in total. The first-order valence-electron chi connectivity index (χ1n) is 8.50. The minimum absolute atomic E-state index is 0.0763. The maximum Gasteiger partial charge on any atom is 0.416 e. The zero-order chi connectivity index (χ0) is 20.0. The highest BCUT2D eigenvalue weighted by Gasteiger charge is 2.30. The zero-order valence-corrected chi connectivity index (χ0v) is 15.3. The molecule has 0 amide bonds. The lowest BCUT2D eigenvalue weighted by Crippen LogP contribution is -2.11. The van der Waals surface area contributed by atoms with E-state index in [2.05, 4.69) is 20.8 Å². The predicted molar refractivity (Wildman–Crippen MR) is 98.1 cm³/mol. The van der Waals surface area contributed by atoms with Crippen molar-refractivity contribution in [3.63, 3.8) is 0 Å². The molecule has 0 aliphatic heterocycles. The molecule has 3 nitrogen and oxygen atoms in total. The van der Waals surface area contributed by atoms with Crippen LogP contribution in [0.15, 0.2) is 48.5 Å². The van der Waals surface area contributed by atoms with Crippen LogP contribution in [0.1, 0.15) is 48.0 Å². The lowest BCUT2D eigenvalue weighted by Gasteiger charge is -2.19. The van der Waals surface area contributed by atoms with Crippen molar-refractivity contribution in [2.75, 3.05) is 0 Å². The number of benzene rings is 2. The highest BCUT2D eigenvalue weighted by Crippen LogP contribution is 2.31. The number of carbonyl (C=O) groups is 1. The number of hydrogen-bond acceptors (Lipinski definition) is 1. The van der Waals surface area contributed by atoms with Gasteiger partial charge in [-0.1, -0.05) is 39.0 Å². The van der Waals surface area contributed by atoms with Gasteiger partial charge in [-0.2, -0.15) is 13.2 Å². The van der Waals surface area contributed by atoms with Crippen molar-refractivity contribution in [3.8, 4) is 0 Å². The van der Waals surface area contributed by atoms with Gasteiger partial charge in [0.25, 0.3) is 0 Å². The maximum absolute atomic E-state index is 12.7. The highest BCUT2D eigenvalue weighted by atomic mass is 19.4. The SMILES string of the molecule is CC(C)(C)c1ccc2c(c1)cc(C(=O)O)n2Cc1ccc(C(F)(F)F)cc1. The summed E-state index contributed by atoms with van der Waals surface area (Å²) in [5, 5.41) is 10.4. The summed E-state index contributed by atoms with van der Waals surface area (Å²) >= 11 is 0. The first-order chi connectivity index (χ1) is 12.5. The lowest BCUT2D eigenvalue weighted by molar-refractivity contribution is -0.137. The Morgan fingerprint density at radius 1 is 0.963 bits per heavy atom. The molecule has 2 aromatic carbocycles. The van der Waals surface area contributed by atoms with Crippen LogP contribution in [-0.2, 0) is 18.1 Å². The van der Waals surface area contributed by atoms with E-state index < -0.39 is 17.7 Å². The Morgan fingerprint density at radius 3 is 2.07 bits per heavy atom. The van der Waals surface area contributed by atoms with E-state index in [9.17, 15) is 23.1 Å². The van der Waals surface area contributed by atoms with E-state index in [-0.39, 0.29) is 17.7 Å². The topological polar surface area (TPSA) is 42.2 Å². The van der Waals surface area contributed by atoms with Gasteiger partial charge >= 0.3 is 12.1 Å². The molecule has 0 aliphatic rings. The molecule has 27 heavy (non-hydrogen) atoms. The molecule has 0 aliphatic carbocycles. The van der Waals surface area contributed by atoms with Crippen LogP contribution in [0, 0.1) is 0 Å². The van der Waals surface area contributed by atoms with Gasteiger partial charge in [0.05, 0.1) is 5.56 Å². The third-order valence-electron chi connectivity index (χ3n) is 4.61. The van der Waals surface area contributed by atoms with Crippen LogP contribution < -0.4 is 0 Å². The Morgan fingerprint density at radius 2 is 1.56 bits per heavy atom. The first kappa shape index (κ1) is 19.0. The summed E-state index contributed by atoms with van der Waals surface area (Å²) in [4.78, 5) is 11.7. The molecule has 0 atom stereocenters. The molecular weight excluding hydrogens is 355 g/mol. The van der Waals surface area contributed by atoms with Crippen LogP contribution in [0.2, 0.25) is 0 Å². The standard InChI is InChI=1S/C21H20F3NO2/c1-20(2,3)16-8-9-17-14(10-16)11-18(19(26)27)25(17)12-13-4-6-15(7-5-13)21(22,23)24/h4-11H,12H2,1-3H3,(H,26,27). The molecule has 1 heterocycles. The van der Waals surface area contributed by atoms with Gasteiger partial charge in [-0.3, -0.25) is 0 Å². The molecule has 3 aromatic rings. The molecule has 1 aromatic heterocycles. The molecule has 0 saturated heterocycles. The number of nitrogens with zero attached hydrogens (tertiary/aromatic N) is 1. The molecule has 3 rings (SSSR count). The largest absolute Gasteiger partial charge is 0.477 e. The molecular formula is C21H20F3NO2. The van der Waals surface area contributed by atoms with Crippen LogP contribution in [0.5, 0.6) is 0 Å². The van der Waals surface area contributed by atoms with Gasteiger partial charge in [0.2, 0.25) is 0 Å². The van der Waals surface area contributed by atoms with E-state index in [0.29, 0.717) is 5.56 Å². The summed E-state index contributed by atoms with van der Waals surface area (Å²) in [6.45, 7) is 6.40. The second-order valence-electron chi connectivity index (χ2n) is 7.64. The van der Waals surface area contributed by atoms with Gasteiger partial charge in [-0.05, 0) is 46.9 Å². The van der Waals surface area contributed by atoms with E-state index in [1.807, 2.05) is 18.2 Å². The fraction of sp³-hybridized carbons (Fsp3) is 0.286. The highest BCUT2D eigenvalue weighted by molar-refractivity contribution is 5.95. The summed E-state index contributed by atoms with van der Waals surface area (Å²) < 4.78 is 39.8. The number of aromatic nitrogens is 1.